The van der Waals surface area contributed by atoms with Crippen molar-refractivity contribution in [2.45, 2.75) is 39.0 Å². The highest BCUT2D eigenvalue weighted by molar-refractivity contribution is 5.75. The quantitative estimate of drug-likeness (QED) is 0.621. The van der Waals surface area contributed by atoms with Crippen molar-refractivity contribution in [1.29, 1.82) is 0 Å². The van der Waals surface area contributed by atoms with Crippen molar-refractivity contribution in [3.63, 3.8) is 0 Å². The Morgan fingerprint density at radius 2 is 1.81 bits per heavy atom. The minimum atomic E-state index is -0.427. The topological polar surface area (TPSA) is 56.8 Å². The predicted molar refractivity (Wildman–Crippen MR) is 61.4 cm³/mol. The molecule has 0 fully saturated rings. The van der Waals surface area contributed by atoms with Crippen LogP contribution in [-0.2, 0) is 19.0 Å². The van der Waals surface area contributed by atoms with Crippen molar-refractivity contribution in [1.82, 2.24) is 5.32 Å². The summed E-state index contributed by atoms with van der Waals surface area (Å²) in [6.45, 7) is 6.63. The number of nitrogens with one attached hydrogen (secondary N) is 1. The first-order valence-electron chi connectivity index (χ1n) is 5.45. The molecule has 0 aromatic heterocycles. The maximum absolute atomic E-state index is 11.4. The third-order valence-corrected chi connectivity index (χ3v) is 1.97. The molecule has 2 atom stereocenters. The van der Waals surface area contributed by atoms with Crippen LogP contribution in [0.15, 0.2) is 0 Å². The summed E-state index contributed by atoms with van der Waals surface area (Å²) in [4.78, 5) is 11.4. The summed E-state index contributed by atoms with van der Waals surface area (Å²) in [7, 11) is 2.99. The Balaban J connectivity index is 4.05. The number of carbonyl (C=O) groups excluding carboxylic acids is 1. The zero-order chi connectivity index (χ0) is 12.6. The number of hydrogen-bond donors (Lipinski definition) is 1. The van der Waals surface area contributed by atoms with Gasteiger partial charge >= 0.3 is 5.97 Å². The van der Waals surface area contributed by atoms with Gasteiger partial charge in [-0.05, 0) is 6.92 Å². The SMILES string of the molecule is COCC(C)OCC(NC(C)C)C(=O)OC. The second kappa shape index (κ2) is 8.50. The van der Waals surface area contributed by atoms with E-state index in [1.165, 1.54) is 7.11 Å². The van der Waals surface area contributed by atoms with Crippen LogP contribution in [0.3, 0.4) is 0 Å². The molecule has 96 valence electrons. The van der Waals surface area contributed by atoms with Gasteiger partial charge in [-0.25, -0.2) is 0 Å². The van der Waals surface area contributed by atoms with E-state index in [9.17, 15) is 4.79 Å². The summed E-state index contributed by atoms with van der Waals surface area (Å²) >= 11 is 0. The number of carbonyl (C=O) groups is 1. The molecule has 5 heteroatoms. The highest BCUT2D eigenvalue weighted by atomic mass is 16.5. The van der Waals surface area contributed by atoms with Crippen molar-refractivity contribution in [3.05, 3.63) is 0 Å². The lowest BCUT2D eigenvalue weighted by molar-refractivity contribution is -0.146. The van der Waals surface area contributed by atoms with Gasteiger partial charge in [0.2, 0.25) is 0 Å². The molecule has 0 radical (unpaired) electrons. The van der Waals surface area contributed by atoms with Crippen LogP contribution in [0.4, 0.5) is 0 Å². The third-order valence-electron chi connectivity index (χ3n) is 1.97. The lowest BCUT2D eigenvalue weighted by Gasteiger charge is -2.21. The van der Waals surface area contributed by atoms with Crippen LogP contribution in [0.5, 0.6) is 0 Å². The molecule has 2 unspecified atom stereocenters. The molecular weight excluding hydrogens is 210 g/mol. The van der Waals surface area contributed by atoms with Crippen LogP contribution in [0.1, 0.15) is 20.8 Å². The van der Waals surface area contributed by atoms with Gasteiger partial charge in [-0.2, -0.15) is 0 Å². The van der Waals surface area contributed by atoms with Crippen molar-refractivity contribution in [2.24, 2.45) is 0 Å². The van der Waals surface area contributed by atoms with Gasteiger partial charge < -0.3 is 19.5 Å². The number of esters is 1. The van der Waals surface area contributed by atoms with E-state index in [0.29, 0.717) is 6.61 Å². The third kappa shape index (κ3) is 6.76. The average Bonchev–Trinajstić information content (AvgIpc) is 2.23. The molecule has 0 saturated heterocycles. The Bertz CT molecular complexity index is 196. The Labute approximate surface area is 97.4 Å². The number of ether oxygens (including phenoxy) is 3. The van der Waals surface area contributed by atoms with Crippen molar-refractivity contribution in [2.75, 3.05) is 27.4 Å². The summed E-state index contributed by atoms with van der Waals surface area (Å²) in [5.74, 6) is -0.307. The van der Waals surface area contributed by atoms with Gasteiger partial charge in [0, 0.05) is 13.2 Å². The monoisotopic (exact) mass is 233 g/mol. The van der Waals surface area contributed by atoms with Gasteiger partial charge in [-0.3, -0.25) is 4.79 Å². The first kappa shape index (κ1) is 15.3. The van der Waals surface area contributed by atoms with E-state index < -0.39 is 6.04 Å². The summed E-state index contributed by atoms with van der Waals surface area (Å²) in [6, 6.07) is -0.227. The molecule has 0 bridgehead atoms. The standard InChI is InChI=1S/C11H23NO4/c1-8(2)12-10(11(13)15-5)7-16-9(3)6-14-4/h8-10,12H,6-7H2,1-5H3. The molecule has 0 aliphatic carbocycles. The van der Waals surface area contributed by atoms with Crippen molar-refractivity contribution >= 4 is 5.97 Å². The first-order valence-corrected chi connectivity index (χ1v) is 5.45. The molecule has 5 nitrogen and oxygen atoms in total. The van der Waals surface area contributed by atoms with Crippen LogP contribution in [0.25, 0.3) is 0 Å². The lowest BCUT2D eigenvalue weighted by atomic mass is 10.2. The Kier molecular flexibility index (Phi) is 8.15. The van der Waals surface area contributed by atoms with E-state index in [0.717, 1.165) is 0 Å². The van der Waals surface area contributed by atoms with Gasteiger partial charge in [-0.15, -0.1) is 0 Å². The van der Waals surface area contributed by atoms with Crippen LogP contribution in [0.2, 0.25) is 0 Å². The fraction of sp³-hybridized carbons (Fsp3) is 0.909. The largest absolute Gasteiger partial charge is 0.468 e. The molecule has 0 aliphatic heterocycles. The number of methoxy groups -OCH3 is 2. The molecule has 0 spiro atoms. The van der Waals surface area contributed by atoms with Crippen LogP contribution in [0, 0.1) is 0 Å². The predicted octanol–water partition coefficient (Wildman–Crippen LogP) is 0.578. The normalized spacial score (nSPS) is 14.9. The molecular formula is C11H23NO4. The van der Waals surface area contributed by atoms with Gasteiger partial charge in [0.1, 0.15) is 6.04 Å². The molecule has 0 aromatic carbocycles. The molecule has 16 heavy (non-hydrogen) atoms. The Hall–Kier alpha value is -0.650. The zero-order valence-corrected chi connectivity index (χ0v) is 10.8. The van der Waals surface area contributed by atoms with E-state index >= 15 is 0 Å². The number of hydrogen-bond acceptors (Lipinski definition) is 5. The van der Waals surface area contributed by atoms with Gasteiger partial charge in [0.15, 0.2) is 0 Å². The molecule has 0 aromatic rings. The van der Waals surface area contributed by atoms with Gasteiger partial charge in [0.25, 0.3) is 0 Å². The van der Waals surface area contributed by atoms with Crippen LogP contribution in [-0.4, -0.2) is 51.6 Å². The summed E-state index contributed by atoms with van der Waals surface area (Å²) in [6.07, 6.45) is -0.0360. The minimum absolute atomic E-state index is 0.0360. The van der Waals surface area contributed by atoms with Crippen LogP contribution >= 0.6 is 0 Å². The lowest BCUT2D eigenvalue weighted by Crippen LogP contribution is -2.45. The number of rotatable bonds is 8. The van der Waals surface area contributed by atoms with E-state index in [2.05, 4.69) is 5.32 Å². The zero-order valence-electron chi connectivity index (χ0n) is 10.8. The second-order valence-corrected chi connectivity index (χ2v) is 4.00. The molecule has 0 amide bonds. The molecule has 0 heterocycles. The van der Waals surface area contributed by atoms with E-state index in [1.807, 2.05) is 20.8 Å². The summed E-state index contributed by atoms with van der Waals surface area (Å²) in [5.41, 5.74) is 0. The summed E-state index contributed by atoms with van der Waals surface area (Å²) in [5, 5.41) is 3.09. The van der Waals surface area contributed by atoms with Crippen LogP contribution < -0.4 is 5.32 Å². The Morgan fingerprint density at radius 1 is 1.19 bits per heavy atom. The van der Waals surface area contributed by atoms with E-state index in [-0.39, 0.29) is 24.7 Å². The minimum Gasteiger partial charge on any atom is -0.468 e. The fourth-order valence-corrected chi connectivity index (χ4v) is 1.27. The maximum Gasteiger partial charge on any atom is 0.325 e. The first-order chi connectivity index (χ1) is 7.51. The fourth-order valence-electron chi connectivity index (χ4n) is 1.27. The second-order valence-electron chi connectivity index (χ2n) is 4.00. The van der Waals surface area contributed by atoms with E-state index in [1.54, 1.807) is 7.11 Å². The van der Waals surface area contributed by atoms with Crippen molar-refractivity contribution in [3.8, 4) is 0 Å². The molecule has 0 aliphatic rings. The van der Waals surface area contributed by atoms with Gasteiger partial charge in [-0.1, -0.05) is 13.8 Å². The average molecular weight is 233 g/mol. The highest BCUT2D eigenvalue weighted by Crippen LogP contribution is 1.97. The molecule has 0 saturated carbocycles. The van der Waals surface area contributed by atoms with E-state index in [4.69, 9.17) is 14.2 Å². The highest BCUT2D eigenvalue weighted by Gasteiger charge is 2.20. The Morgan fingerprint density at radius 3 is 2.25 bits per heavy atom. The van der Waals surface area contributed by atoms with Crippen molar-refractivity contribution < 1.29 is 19.0 Å². The smallest absolute Gasteiger partial charge is 0.325 e. The molecule has 1 N–H and O–H groups in total. The van der Waals surface area contributed by atoms with Gasteiger partial charge in [0.05, 0.1) is 26.4 Å². The maximum atomic E-state index is 11.4. The summed E-state index contributed by atoms with van der Waals surface area (Å²) < 4.78 is 15.1. The molecule has 0 rings (SSSR count).